The Hall–Kier alpha value is -2.93. The average molecular weight is 414 g/mol. The monoisotopic (exact) mass is 413 g/mol. The van der Waals surface area contributed by atoms with Crippen LogP contribution < -0.4 is 20.7 Å². The van der Waals surface area contributed by atoms with E-state index in [0.29, 0.717) is 41.6 Å². The average Bonchev–Trinajstić information content (AvgIpc) is 2.68. The summed E-state index contributed by atoms with van der Waals surface area (Å²) in [6.07, 6.45) is 1.28. The molecular weight excluding hydrogens is 386 g/mol. The Morgan fingerprint density at radius 3 is 2.24 bits per heavy atom. The molecule has 2 aromatic rings. The molecule has 29 heavy (non-hydrogen) atoms. The van der Waals surface area contributed by atoms with Gasteiger partial charge in [-0.15, -0.1) is 0 Å². The molecule has 154 valence electrons. The molecule has 0 atom stereocenters. The Morgan fingerprint density at radius 1 is 1.00 bits per heavy atom. The molecular formula is C22H27N3O3S. The van der Waals surface area contributed by atoms with Crippen LogP contribution in [0.25, 0.3) is 0 Å². The number of carbonyl (C=O) groups excluding carboxylic acids is 2. The lowest BCUT2D eigenvalue weighted by Gasteiger charge is -2.14. The van der Waals surface area contributed by atoms with E-state index in [1.54, 1.807) is 42.5 Å². The summed E-state index contributed by atoms with van der Waals surface area (Å²) in [6.45, 7) is 6.56. The van der Waals surface area contributed by atoms with Crippen molar-refractivity contribution >= 4 is 40.5 Å². The van der Waals surface area contributed by atoms with Gasteiger partial charge in [0, 0.05) is 17.8 Å². The normalized spacial score (nSPS) is 10.3. The van der Waals surface area contributed by atoms with E-state index in [4.69, 9.17) is 17.0 Å². The van der Waals surface area contributed by atoms with Gasteiger partial charge in [0.1, 0.15) is 5.75 Å². The molecule has 2 amide bonds. The summed E-state index contributed by atoms with van der Waals surface area (Å²) in [5.41, 5.74) is 1.83. The van der Waals surface area contributed by atoms with Gasteiger partial charge in [0.25, 0.3) is 5.91 Å². The standard InChI is InChI=1S/C22H27N3O3S/c1-4-7-20(26)23-16-10-12-17(13-11-16)24-22(29)25-21(27)18-8-5-6-9-19(18)28-14-15(2)3/h5-6,8-13,15H,4,7,14H2,1-3H3,(H,23,26)(H2,24,25,27,29). The Kier molecular flexibility index (Phi) is 8.61. The molecule has 0 radical (unpaired) electrons. The minimum atomic E-state index is -0.342. The van der Waals surface area contributed by atoms with Crippen LogP contribution in [0.5, 0.6) is 5.75 Å². The van der Waals surface area contributed by atoms with Crippen LogP contribution in [0.2, 0.25) is 0 Å². The topological polar surface area (TPSA) is 79.5 Å². The molecule has 6 nitrogen and oxygen atoms in total. The molecule has 0 aliphatic carbocycles. The highest BCUT2D eigenvalue weighted by Gasteiger charge is 2.14. The number of rotatable bonds is 8. The SMILES string of the molecule is CCCC(=O)Nc1ccc(NC(=S)NC(=O)c2ccccc2OCC(C)C)cc1. The van der Waals surface area contributed by atoms with Crippen molar-refractivity contribution in [3.63, 3.8) is 0 Å². The van der Waals surface area contributed by atoms with E-state index < -0.39 is 0 Å². The second kappa shape index (κ2) is 11.2. The molecule has 0 aromatic heterocycles. The third-order valence-corrected chi connectivity index (χ3v) is 4.04. The number of carbonyl (C=O) groups is 2. The van der Waals surface area contributed by atoms with Crippen LogP contribution in [0.1, 0.15) is 44.0 Å². The van der Waals surface area contributed by atoms with E-state index in [0.717, 1.165) is 6.42 Å². The van der Waals surface area contributed by atoms with E-state index >= 15 is 0 Å². The summed E-state index contributed by atoms with van der Waals surface area (Å²) in [5, 5.41) is 8.63. The fourth-order valence-corrected chi connectivity index (χ4v) is 2.67. The first-order valence-electron chi connectivity index (χ1n) is 9.63. The largest absolute Gasteiger partial charge is 0.492 e. The van der Waals surface area contributed by atoms with Gasteiger partial charge in [-0.05, 0) is 61.0 Å². The Labute approximate surface area is 177 Å². The predicted molar refractivity (Wildman–Crippen MR) is 120 cm³/mol. The molecule has 2 aromatic carbocycles. The first-order chi connectivity index (χ1) is 13.9. The van der Waals surface area contributed by atoms with Crippen LogP contribution in [0.15, 0.2) is 48.5 Å². The number of thiocarbonyl (C=S) groups is 1. The smallest absolute Gasteiger partial charge is 0.261 e. The first kappa shape index (κ1) is 22.4. The predicted octanol–water partition coefficient (Wildman–Crippen LogP) is 4.59. The number of hydrogen-bond donors (Lipinski definition) is 3. The first-order valence-corrected chi connectivity index (χ1v) is 10.0. The fourth-order valence-electron chi connectivity index (χ4n) is 2.46. The van der Waals surface area contributed by atoms with Gasteiger partial charge in [-0.3, -0.25) is 14.9 Å². The second-order valence-electron chi connectivity index (χ2n) is 6.98. The molecule has 0 fully saturated rings. The molecule has 0 aliphatic heterocycles. The lowest BCUT2D eigenvalue weighted by atomic mass is 10.2. The van der Waals surface area contributed by atoms with Gasteiger partial charge >= 0.3 is 0 Å². The Morgan fingerprint density at radius 2 is 1.62 bits per heavy atom. The number of ether oxygens (including phenoxy) is 1. The van der Waals surface area contributed by atoms with Crippen LogP contribution in [0, 0.1) is 5.92 Å². The molecule has 0 unspecified atom stereocenters. The van der Waals surface area contributed by atoms with Gasteiger partial charge in [0.15, 0.2) is 5.11 Å². The van der Waals surface area contributed by atoms with Gasteiger partial charge in [0.05, 0.1) is 12.2 Å². The molecule has 0 bridgehead atoms. The van der Waals surface area contributed by atoms with Crippen molar-refractivity contribution in [3.05, 3.63) is 54.1 Å². The highest BCUT2D eigenvalue weighted by atomic mass is 32.1. The third-order valence-electron chi connectivity index (χ3n) is 3.83. The minimum absolute atomic E-state index is 0.0191. The maximum Gasteiger partial charge on any atom is 0.261 e. The Bertz CT molecular complexity index is 851. The number of anilines is 2. The molecule has 0 spiro atoms. The number of amides is 2. The van der Waals surface area contributed by atoms with Crippen molar-refractivity contribution in [3.8, 4) is 5.75 Å². The lowest BCUT2D eigenvalue weighted by molar-refractivity contribution is -0.116. The Balaban J connectivity index is 1.94. The maximum atomic E-state index is 12.6. The van der Waals surface area contributed by atoms with Crippen LogP contribution >= 0.6 is 12.2 Å². The molecule has 0 heterocycles. The highest BCUT2D eigenvalue weighted by Crippen LogP contribution is 2.19. The van der Waals surface area contributed by atoms with Crippen molar-refractivity contribution in [2.75, 3.05) is 17.2 Å². The number of nitrogens with one attached hydrogen (secondary N) is 3. The zero-order valence-electron chi connectivity index (χ0n) is 17.0. The van der Waals surface area contributed by atoms with Gasteiger partial charge in [0.2, 0.25) is 5.91 Å². The lowest BCUT2D eigenvalue weighted by Crippen LogP contribution is -2.34. The maximum absolute atomic E-state index is 12.6. The quantitative estimate of drug-likeness (QED) is 0.552. The summed E-state index contributed by atoms with van der Waals surface area (Å²) >= 11 is 5.25. The summed E-state index contributed by atoms with van der Waals surface area (Å²) < 4.78 is 5.72. The van der Waals surface area contributed by atoms with Crippen molar-refractivity contribution in [2.45, 2.75) is 33.6 Å². The zero-order valence-corrected chi connectivity index (χ0v) is 17.8. The minimum Gasteiger partial charge on any atom is -0.492 e. The number of para-hydroxylation sites is 1. The van der Waals surface area contributed by atoms with Gasteiger partial charge in [-0.1, -0.05) is 32.9 Å². The van der Waals surface area contributed by atoms with E-state index in [9.17, 15) is 9.59 Å². The summed E-state index contributed by atoms with van der Waals surface area (Å²) in [7, 11) is 0. The van der Waals surface area contributed by atoms with E-state index in [-0.39, 0.29) is 16.9 Å². The van der Waals surface area contributed by atoms with Gasteiger partial charge in [-0.25, -0.2) is 0 Å². The fraction of sp³-hybridized carbons (Fsp3) is 0.318. The van der Waals surface area contributed by atoms with E-state index in [1.165, 1.54) is 0 Å². The molecule has 7 heteroatoms. The highest BCUT2D eigenvalue weighted by molar-refractivity contribution is 7.80. The molecule has 0 saturated carbocycles. The van der Waals surface area contributed by atoms with Crippen molar-refractivity contribution in [2.24, 2.45) is 5.92 Å². The molecule has 3 N–H and O–H groups in total. The number of benzene rings is 2. The second-order valence-corrected chi connectivity index (χ2v) is 7.39. The summed E-state index contributed by atoms with van der Waals surface area (Å²) in [5.74, 6) is 0.511. The molecule has 0 saturated heterocycles. The summed E-state index contributed by atoms with van der Waals surface area (Å²) in [4.78, 5) is 24.2. The van der Waals surface area contributed by atoms with Crippen LogP contribution in [-0.4, -0.2) is 23.5 Å². The summed E-state index contributed by atoms with van der Waals surface area (Å²) in [6, 6.07) is 14.2. The number of hydrogen-bond acceptors (Lipinski definition) is 4. The zero-order chi connectivity index (χ0) is 21.2. The van der Waals surface area contributed by atoms with Crippen LogP contribution in [0.4, 0.5) is 11.4 Å². The van der Waals surface area contributed by atoms with Crippen molar-refractivity contribution in [1.29, 1.82) is 0 Å². The third kappa shape index (κ3) is 7.54. The van der Waals surface area contributed by atoms with Crippen LogP contribution in [-0.2, 0) is 4.79 Å². The molecule has 2 rings (SSSR count). The van der Waals surface area contributed by atoms with E-state index in [2.05, 4.69) is 16.0 Å². The van der Waals surface area contributed by atoms with Gasteiger partial charge < -0.3 is 15.4 Å². The van der Waals surface area contributed by atoms with Crippen molar-refractivity contribution < 1.29 is 14.3 Å². The van der Waals surface area contributed by atoms with Crippen LogP contribution in [0.3, 0.4) is 0 Å². The van der Waals surface area contributed by atoms with Crippen molar-refractivity contribution in [1.82, 2.24) is 5.32 Å². The van der Waals surface area contributed by atoms with Gasteiger partial charge in [-0.2, -0.15) is 0 Å². The van der Waals surface area contributed by atoms with E-state index in [1.807, 2.05) is 26.8 Å². The molecule has 0 aliphatic rings.